The molecule has 0 saturated carbocycles. The van der Waals surface area contributed by atoms with E-state index in [1.807, 2.05) is 0 Å². The molecular formula is C16H24N2. The summed E-state index contributed by atoms with van der Waals surface area (Å²) >= 11 is 0. The lowest BCUT2D eigenvalue weighted by molar-refractivity contribution is 0.173. The van der Waals surface area contributed by atoms with Gasteiger partial charge >= 0.3 is 0 Å². The fourth-order valence-electron chi connectivity index (χ4n) is 3.31. The van der Waals surface area contributed by atoms with E-state index in [2.05, 4.69) is 35.3 Å². The van der Waals surface area contributed by atoms with Crippen molar-refractivity contribution in [1.29, 1.82) is 0 Å². The van der Waals surface area contributed by atoms with Gasteiger partial charge in [-0.2, -0.15) is 0 Å². The van der Waals surface area contributed by atoms with Crippen molar-refractivity contribution >= 4 is 5.69 Å². The van der Waals surface area contributed by atoms with Gasteiger partial charge in [-0.1, -0.05) is 18.6 Å². The van der Waals surface area contributed by atoms with Crippen LogP contribution in [0.25, 0.3) is 0 Å². The Bertz CT molecular complexity index is 408. The van der Waals surface area contributed by atoms with Gasteiger partial charge < -0.3 is 10.2 Å². The minimum absolute atomic E-state index is 0.692. The van der Waals surface area contributed by atoms with Crippen molar-refractivity contribution in [2.45, 2.75) is 45.1 Å². The van der Waals surface area contributed by atoms with Gasteiger partial charge in [0, 0.05) is 18.3 Å². The molecular weight excluding hydrogens is 220 g/mol. The van der Waals surface area contributed by atoms with Crippen LogP contribution in [0.1, 0.15) is 37.3 Å². The normalized spacial score (nSPS) is 21.4. The first-order valence-electron chi connectivity index (χ1n) is 7.42. The Kier molecular flexibility index (Phi) is 3.55. The maximum atomic E-state index is 3.43. The van der Waals surface area contributed by atoms with Crippen molar-refractivity contribution < 1.29 is 0 Å². The summed E-state index contributed by atoms with van der Waals surface area (Å²) in [4.78, 5) is 2.66. The molecule has 1 aromatic carbocycles. The maximum absolute atomic E-state index is 3.43. The Morgan fingerprint density at radius 1 is 1.22 bits per heavy atom. The average Bonchev–Trinajstić information content (AvgIpc) is 2.87. The molecule has 0 spiro atoms. The SMILES string of the molecule is CC(Cc1ccc2c(c1)CCN2)N1CCCCC1. The van der Waals surface area contributed by atoms with Crippen molar-refractivity contribution in [2.75, 3.05) is 25.0 Å². The summed E-state index contributed by atoms with van der Waals surface area (Å²) < 4.78 is 0. The van der Waals surface area contributed by atoms with E-state index < -0.39 is 0 Å². The zero-order valence-corrected chi connectivity index (χ0v) is 11.4. The van der Waals surface area contributed by atoms with Gasteiger partial charge in [-0.3, -0.25) is 0 Å². The molecule has 3 rings (SSSR count). The fraction of sp³-hybridized carbons (Fsp3) is 0.625. The summed E-state index contributed by atoms with van der Waals surface area (Å²) in [6.07, 6.45) is 6.60. The van der Waals surface area contributed by atoms with Gasteiger partial charge in [0.15, 0.2) is 0 Å². The minimum atomic E-state index is 0.692. The van der Waals surface area contributed by atoms with E-state index in [1.165, 1.54) is 62.0 Å². The molecule has 0 aliphatic carbocycles. The molecule has 1 unspecified atom stereocenters. The van der Waals surface area contributed by atoms with E-state index in [0.29, 0.717) is 6.04 Å². The maximum Gasteiger partial charge on any atom is 0.0373 e. The molecule has 1 N–H and O–H groups in total. The number of rotatable bonds is 3. The van der Waals surface area contributed by atoms with Crippen LogP contribution < -0.4 is 5.32 Å². The molecule has 2 aliphatic heterocycles. The molecule has 1 atom stereocenters. The molecule has 1 saturated heterocycles. The monoisotopic (exact) mass is 244 g/mol. The molecule has 2 aliphatic rings. The molecule has 0 bridgehead atoms. The lowest BCUT2D eigenvalue weighted by Gasteiger charge is -2.32. The standard InChI is InChI=1S/C16H24N2/c1-13(18-9-3-2-4-10-18)11-14-5-6-16-15(12-14)7-8-17-16/h5-6,12-13,17H,2-4,7-11H2,1H3. The molecule has 1 aromatic rings. The van der Waals surface area contributed by atoms with E-state index >= 15 is 0 Å². The van der Waals surface area contributed by atoms with Crippen LogP contribution in [0.2, 0.25) is 0 Å². The Morgan fingerprint density at radius 2 is 2.06 bits per heavy atom. The summed E-state index contributed by atoms with van der Waals surface area (Å²) in [5, 5.41) is 3.43. The molecule has 0 amide bonds. The molecule has 2 heterocycles. The van der Waals surface area contributed by atoms with E-state index in [9.17, 15) is 0 Å². The molecule has 1 fully saturated rings. The molecule has 0 aromatic heterocycles. The summed E-state index contributed by atoms with van der Waals surface area (Å²) in [6, 6.07) is 7.67. The van der Waals surface area contributed by atoms with Crippen molar-refractivity contribution in [3.8, 4) is 0 Å². The van der Waals surface area contributed by atoms with Crippen LogP contribution >= 0.6 is 0 Å². The van der Waals surface area contributed by atoms with E-state index in [1.54, 1.807) is 0 Å². The number of likely N-dealkylation sites (tertiary alicyclic amines) is 1. The second kappa shape index (κ2) is 5.31. The zero-order valence-electron chi connectivity index (χ0n) is 11.4. The third-order valence-electron chi connectivity index (χ3n) is 4.42. The van der Waals surface area contributed by atoms with Crippen LogP contribution in [0.4, 0.5) is 5.69 Å². The first-order valence-corrected chi connectivity index (χ1v) is 7.42. The topological polar surface area (TPSA) is 15.3 Å². The number of hydrogen-bond donors (Lipinski definition) is 1. The highest BCUT2D eigenvalue weighted by Gasteiger charge is 2.17. The zero-order chi connectivity index (χ0) is 12.4. The molecule has 0 radical (unpaired) electrons. The third kappa shape index (κ3) is 2.54. The van der Waals surface area contributed by atoms with Gasteiger partial charge in [0.2, 0.25) is 0 Å². The number of nitrogens with one attached hydrogen (secondary N) is 1. The smallest absolute Gasteiger partial charge is 0.0373 e. The number of fused-ring (bicyclic) bond motifs is 1. The van der Waals surface area contributed by atoms with E-state index in [4.69, 9.17) is 0 Å². The van der Waals surface area contributed by atoms with E-state index in [0.717, 1.165) is 6.54 Å². The third-order valence-corrected chi connectivity index (χ3v) is 4.42. The summed E-state index contributed by atoms with van der Waals surface area (Å²) in [7, 11) is 0. The van der Waals surface area contributed by atoms with Gasteiger partial charge in [-0.05, 0) is 62.9 Å². The second-order valence-corrected chi connectivity index (χ2v) is 5.82. The van der Waals surface area contributed by atoms with Gasteiger partial charge in [0.1, 0.15) is 0 Å². The lowest BCUT2D eigenvalue weighted by atomic mass is 10.0. The van der Waals surface area contributed by atoms with Crippen molar-refractivity contribution in [2.24, 2.45) is 0 Å². The molecule has 98 valence electrons. The first kappa shape index (κ1) is 12.0. The Labute approximate surface area is 110 Å². The number of piperidine rings is 1. The highest BCUT2D eigenvalue weighted by molar-refractivity contribution is 5.56. The highest BCUT2D eigenvalue weighted by Crippen LogP contribution is 2.24. The summed E-state index contributed by atoms with van der Waals surface area (Å²) in [5.41, 5.74) is 4.37. The van der Waals surface area contributed by atoms with Gasteiger partial charge in [-0.15, -0.1) is 0 Å². The Hall–Kier alpha value is -1.02. The summed E-state index contributed by atoms with van der Waals surface area (Å²) in [5.74, 6) is 0. The Balaban J connectivity index is 1.64. The largest absolute Gasteiger partial charge is 0.384 e. The van der Waals surface area contributed by atoms with Crippen molar-refractivity contribution in [1.82, 2.24) is 4.90 Å². The van der Waals surface area contributed by atoms with Gasteiger partial charge in [0.25, 0.3) is 0 Å². The van der Waals surface area contributed by atoms with Crippen LogP contribution in [-0.2, 0) is 12.8 Å². The van der Waals surface area contributed by atoms with Gasteiger partial charge in [0.05, 0.1) is 0 Å². The molecule has 2 nitrogen and oxygen atoms in total. The number of benzene rings is 1. The molecule has 2 heteroatoms. The highest BCUT2D eigenvalue weighted by atomic mass is 15.1. The lowest BCUT2D eigenvalue weighted by Crippen LogP contribution is -2.38. The van der Waals surface area contributed by atoms with Crippen molar-refractivity contribution in [3.05, 3.63) is 29.3 Å². The number of nitrogens with zero attached hydrogens (tertiary/aromatic N) is 1. The van der Waals surface area contributed by atoms with Crippen LogP contribution in [-0.4, -0.2) is 30.6 Å². The average molecular weight is 244 g/mol. The second-order valence-electron chi connectivity index (χ2n) is 5.82. The quantitative estimate of drug-likeness (QED) is 0.879. The first-order chi connectivity index (χ1) is 8.83. The minimum Gasteiger partial charge on any atom is -0.384 e. The van der Waals surface area contributed by atoms with Crippen molar-refractivity contribution in [3.63, 3.8) is 0 Å². The van der Waals surface area contributed by atoms with E-state index in [-0.39, 0.29) is 0 Å². The summed E-state index contributed by atoms with van der Waals surface area (Å²) in [6.45, 7) is 6.10. The van der Waals surface area contributed by atoms with Crippen LogP contribution in [0, 0.1) is 0 Å². The Morgan fingerprint density at radius 3 is 2.89 bits per heavy atom. The van der Waals surface area contributed by atoms with Crippen LogP contribution in [0.3, 0.4) is 0 Å². The fourth-order valence-corrected chi connectivity index (χ4v) is 3.31. The predicted octanol–water partition coefficient (Wildman–Crippen LogP) is 3.07. The predicted molar refractivity (Wildman–Crippen MR) is 77.2 cm³/mol. The molecule has 18 heavy (non-hydrogen) atoms. The van der Waals surface area contributed by atoms with Crippen LogP contribution in [0.5, 0.6) is 0 Å². The number of hydrogen-bond acceptors (Lipinski definition) is 2. The number of anilines is 1. The van der Waals surface area contributed by atoms with Gasteiger partial charge in [-0.25, -0.2) is 0 Å². The van der Waals surface area contributed by atoms with Crippen LogP contribution in [0.15, 0.2) is 18.2 Å².